The molecule has 0 radical (unpaired) electrons. The summed E-state index contributed by atoms with van der Waals surface area (Å²) in [4.78, 5) is -4.55. The van der Waals surface area contributed by atoms with Crippen LogP contribution in [0.3, 0.4) is 0 Å². The molecule has 1 aliphatic carbocycles. The zero-order valence-corrected chi connectivity index (χ0v) is 14.7. The number of ether oxygens (including phenoxy) is 2. The monoisotopic (exact) mass is 577 g/mol. The highest BCUT2D eigenvalue weighted by Crippen LogP contribution is 2.71. The van der Waals surface area contributed by atoms with E-state index >= 15 is 0 Å². The third kappa shape index (κ3) is 2.97. The summed E-state index contributed by atoms with van der Waals surface area (Å²) in [6.07, 6.45) is -23.1. The molecule has 0 unspecified atom stereocenters. The summed E-state index contributed by atoms with van der Waals surface area (Å²) in [5.41, 5.74) is 0. The van der Waals surface area contributed by atoms with Gasteiger partial charge in [0.2, 0.25) is 0 Å². The molecular weight excluding hydrogens is 577 g/mol. The minimum atomic E-state index is -8.49. The maximum atomic E-state index is 13.9. The van der Waals surface area contributed by atoms with Crippen molar-refractivity contribution >= 4 is 0 Å². The fourth-order valence-corrected chi connectivity index (χ4v) is 2.56. The Morgan fingerprint density at radius 2 is 0.771 bits per heavy atom. The van der Waals surface area contributed by atoms with Crippen molar-refractivity contribution in [1.29, 1.82) is 0 Å². The van der Waals surface area contributed by atoms with Crippen molar-refractivity contribution in [3.8, 4) is 0 Å². The second-order valence-corrected chi connectivity index (χ2v) is 6.61. The number of alkyl halides is 21. The zero-order chi connectivity index (χ0) is 28.5. The van der Waals surface area contributed by atoms with Gasteiger partial charge in [0, 0.05) is 0 Å². The van der Waals surface area contributed by atoms with Crippen LogP contribution in [-0.2, 0) is 9.47 Å². The lowest BCUT2D eigenvalue weighted by atomic mass is 10.1. The molecule has 24 heteroatoms. The summed E-state index contributed by atoms with van der Waals surface area (Å²) in [6, 6.07) is -24.1. The van der Waals surface area contributed by atoms with Crippen LogP contribution in [0.2, 0.25) is 0 Å². The van der Waals surface area contributed by atoms with Gasteiger partial charge in [0.25, 0.3) is 0 Å². The summed E-state index contributed by atoms with van der Waals surface area (Å²) in [5, 5.41) is 0. The second kappa shape index (κ2) is 6.64. The summed E-state index contributed by atoms with van der Waals surface area (Å²) >= 11 is 0. The van der Waals surface area contributed by atoms with Crippen LogP contribution >= 0.6 is 0 Å². The predicted octanol–water partition coefficient (Wildman–Crippen LogP) is 6.11. The van der Waals surface area contributed by atoms with Gasteiger partial charge in [-0.3, -0.25) is 4.74 Å². The van der Waals surface area contributed by atoms with E-state index < -0.39 is 70.9 Å². The quantitative estimate of drug-likeness (QED) is 0.298. The molecule has 3 nitrogen and oxygen atoms in total. The molecule has 35 heavy (non-hydrogen) atoms. The maximum Gasteiger partial charge on any atom is 0.439 e. The normalized spacial score (nSPS) is 31.8. The van der Waals surface area contributed by atoms with Gasteiger partial charge in [-0.1, -0.05) is 4.90 Å². The van der Waals surface area contributed by atoms with Gasteiger partial charge in [0.05, 0.1) is 0 Å². The first-order chi connectivity index (χ1) is 14.8. The Morgan fingerprint density at radius 3 is 1.06 bits per heavy atom. The van der Waals surface area contributed by atoms with Crippen LogP contribution in [0.5, 0.6) is 0 Å². The SMILES string of the molecule is FC1(F)OC(F)(F)C(F)(F)N(C(F)(F)C(F)(F)OC2(F)C(F)(F)C(F)(F)C(F)(F)C2(F)F)C1(F)F. The Morgan fingerprint density at radius 1 is 0.486 bits per heavy atom. The summed E-state index contributed by atoms with van der Waals surface area (Å²) in [7, 11) is 0. The lowest BCUT2D eigenvalue weighted by molar-refractivity contribution is -0.606. The number of hydrogen-bond donors (Lipinski definition) is 0. The smallest absolute Gasteiger partial charge is 0.266 e. The average molecular weight is 577 g/mol. The second-order valence-electron chi connectivity index (χ2n) is 6.61. The Hall–Kier alpha value is -1.59. The van der Waals surface area contributed by atoms with Crippen molar-refractivity contribution in [3.05, 3.63) is 0 Å². The first kappa shape index (κ1) is 29.6. The highest BCUT2D eigenvalue weighted by molar-refractivity contribution is 5.24. The van der Waals surface area contributed by atoms with E-state index in [4.69, 9.17) is 0 Å². The van der Waals surface area contributed by atoms with E-state index in [0.717, 1.165) is 0 Å². The number of rotatable bonds is 4. The minimum absolute atomic E-state index is 1.28. The van der Waals surface area contributed by atoms with E-state index in [1.54, 1.807) is 4.74 Å². The van der Waals surface area contributed by atoms with Crippen LogP contribution in [0.1, 0.15) is 0 Å². The highest BCUT2D eigenvalue weighted by Gasteiger charge is 3.03. The molecule has 0 N–H and O–H groups in total. The Kier molecular flexibility index (Phi) is 5.62. The molecule has 2 fully saturated rings. The lowest BCUT2D eigenvalue weighted by Crippen LogP contribution is -2.80. The van der Waals surface area contributed by atoms with Crippen molar-refractivity contribution in [3.63, 3.8) is 0 Å². The van der Waals surface area contributed by atoms with Gasteiger partial charge < -0.3 is 0 Å². The van der Waals surface area contributed by atoms with E-state index in [1.165, 1.54) is 4.74 Å². The van der Waals surface area contributed by atoms with Gasteiger partial charge in [0.1, 0.15) is 0 Å². The number of hydrogen-bond acceptors (Lipinski definition) is 3. The number of halogens is 21. The van der Waals surface area contributed by atoms with Crippen LogP contribution in [0.4, 0.5) is 92.2 Å². The fraction of sp³-hybridized carbons (Fsp3) is 1.00. The van der Waals surface area contributed by atoms with Crippen LogP contribution in [0.15, 0.2) is 0 Å². The van der Waals surface area contributed by atoms with Crippen LogP contribution < -0.4 is 0 Å². The molecule has 1 heterocycles. The predicted molar refractivity (Wildman–Crippen MR) is 57.3 cm³/mol. The molecular formula is C11F21NO2. The van der Waals surface area contributed by atoms with Crippen molar-refractivity contribution in [2.45, 2.75) is 66.0 Å². The molecule has 0 spiro atoms. The van der Waals surface area contributed by atoms with Crippen molar-refractivity contribution in [2.75, 3.05) is 0 Å². The first-order valence-electron chi connectivity index (χ1n) is 7.46. The van der Waals surface area contributed by atoms with Gasteiger partial charge in [-0.15, -0.1) is 0 Å². The van der Waals surface area contributed by atoms with Gasteiger partial charge in [-0.2, -0.15) is 92.2 Å². The van der Waals surface area contributed by atoms with E-state index in [2.05, 4.69) is 0 Å². The van der Waals surface area contributed by atoms with E-state index in [1.807, 2.05) is 0 Å². The largest absolute Gasteiger partial charge is 0.439 e. The highest BCUT2D eigenvalue weighted by atomic mass is 19.4. The van der Waals surface area contributed by atoms with Gasteiger partial charge >= 0.3 is 66.0 Å². The molecule has 0 atom stereocenters. The third-order valence-corrected chi connectivity index (χ3v) is 4.41. The molecule has 1 saturated heterocycles. The molecule has 0 aromatic carbocycles. The van der Waals surface area contributed by atoms with Gasteiger partial charge in [-0.25, -0.2) is 4.74 Å². The van der Waals surface area contributed by atoms with E-state index in [-0.39, 0.29) is 0 Å². The molecule has 208 valence electrons. The van der Waals surface area contributed by atoms with Crippen molar-refractivity contribution in [1.82, 2.24) is 4.90 Å². The summed E-state index contributed by atoms with van der Waals surface area (Å²) in [6.45, 7) is 0. The van der Waals surface area contributed by atoms with Crippen LogP contribution in [0, 0.1) is 0 Å². The van der Waals surface area contributed by atoms with E-state index in [0.29, 0.717) is 0 Å². The third-order valence-electron chi connectivity index (χ3n) is 4.41. The number of nitrogens with zero attached hydrogens (tertiary/aromatic N) is 1. The van der Waals surface area contributed by atoms with Gasteiger partial charge in [-0.05, 0) is 0 Å². The molecule has 1 saturated carbocycles. The maximum absolute atomic E-state index is 13.9. The molecule has 0 aromatic rings. The Balaban J connectivity index is 2.76. The minimum Gasteiger partial charge on any atom is -0.266 e. The van der Waals surface area contributed by atoms with Crippen molar-refractivity contribution in [2.24, 2.45) is 0 Å². The van der Waals surface area contributed by atoms with E-state index in [9.17, 15) is 92.2 Å². The molecule has 2 rings (SSSR count). The summed E-state index contributed by atoms with van der Waals surface area (Å²) < 4.78 is 282. The Bertz CT molecular complexity index is 826. The van der Waals surface area contributed by atoms with Crippen LogP contribution in [-0.4, -0.2) is 70.9 Å². The molecule has 0 amide bonds. The summed E-state index contributed by atoms with van der Waals surface area (Å²) in [5.74, 6) is -39.8. The van der Waals surface area contributed by atoms with Gasteiger partial charge in [0.15, 0.2) is 0 Å². The molecule has 0 bridgehead atoms. The van der Waals surface area contributed by atoms with Crippen LogP contribution in [0.25, 0.3) is 0 Å². The topological polar surface area (TPSA) is 21.7 Å². The molecule has 2 aliphatic rings. The standard InChI is InChI=1S/C11F21NO2/c12-1(13)2(14,15)4(18,19)5(20,3(1,16)17)34-9(27,28)6(21,22)33-7(23,24)10(29,30)35-11(31,32)8(33,25)26. The van der Waals surface area contributed by atoms with Crippen molar-refractivity contribution < 1.29 is 102 Å². The average Bonchev–Trinajstić information content (AvgIpc) is 2.61. The fourth-order valence-electron chi connectivity index (χ4n) is 2.56. The first-order valence-corrected chi connectivity index (χ1v) is 7.46. The molecule has 1 aliphatic heterocycles. The number of morpholine rings is 1. The zero-order valence-electron chi connectivity index (χ0n) is 14.7. The lowest BCUT2D eigenvalue weighted by Gasteiger charge is -2.50. The Labute approximate surface area is 174 Å². The molecule has 0 aromatic heterocycles.